The van der Waals surface area contributed by atoms with Crippen LogP contribution in [0.5, 0.6) is 0 Å². The summed E-state index contributed by atoms with van der Waals surface area (Å²) in [6, 6.07) is 29.8. The van der Waals surface area contributed by atoms with Crippen LogP contribution in [0.4, 0.5) is 0 Å². The van der Waals surface area contributed by atoms with Gasteiger partial charge in [0, 0.05) is 6.08 Å². The summed E-state index contributed by atoms with van der Waals surface area (Å²) in [6.07, 6.45) is 2.22. The summed E-state index contributed by atoms with van der Waals surface area (Å²) in [5, 5.41) is 3.29. The molecule has 1 unspecified atom stereocenters. The second-order valence-corrected chi connectivity index (χ2v) is 27.1. The van der Waals surface area contributed by atoms with E-state index in [2.05, 4.69) is 82.3 Å². The first kappa shape index (κ1) is 33.1. The minimum atomic E-state index is -3.92. The van der Waals surface area contributed by atoms with Gasteiger partial charge in [0.1, 0.15) is 6.04 Å². The molecule has 11 heteroatoms. The lowest BCUT2D eigenvalue weighted by atomic mass is 10.2. The summed E-state index contributed by atoms with van der Waals surface area (Å²) < 4.78 is 29.5. The minimum absolute atomic E-state index is 0.502. The Kier molecular flexibility index (Phi) is 10.4. The van der Waals surface area contributed by atoms with Gasteiger partial charge in [-0.05, 0) is 74.2 Å². The van der Waals surface area contributed by atoms with Crippen molar-refractivity contribution in [3.63, 3.8) is 0 Å². The fourth-order valence-electron chi connectivity index (χ4n) is 5.45. The Bertz CT molecular complexity index is 1270. The van der Waals surface area contributed by atoms with E-state index in [9.17, 15) is 9.59 Å². The minimum Gasteiger partial charge on any atom is -0.400 e. The molecule has 1 atom stereocenters. The van der Waals surface area contributed by atoms with Gasteiger partial charge < -0.3 is 17.1 Å². The Hall–Kier alpha value is -2.75. The molecule has 0 amide bonds. The van der Waals surface area contributed by atoms with Crippen LogP contribution in [-0.4, -0.2) is 63.0 Å². The van der Waals surface area contributed by atoms with Gasteiger partial charge in [0.15, 0.2) is 0 Å². The highest BCUT2D eigenvalue weighted by Gasteiger charge is 2.62. The molecule has 43 heavy (non-hydrogen) atoms. The monoisotopic (exact) mass is 649 g/mol. The third-order valence-electron chi connectivity index (χ3n) is 7.80. The standard InChI is InChI=1S/C32H43NO6Si4/c1-8-31(34)36-32(35)30-25-18-26-33(30)43(37-40(2,3)27-19-12-9-13-20-27,38-41(4,5)28-21-14-10-15-22-28)39-42(6,7)29-23-16-11-17-24-29/h8-17,19-24,30H,1,18,25-26H2,2-7H3. The van der Waals surface area contributed by atoms with E-state index in [-0.39, 0.29) is 0 Å². The number of carbonyl (C=O) groups excluding carboxylic acids is 2. The van der Waals surface area contributed by atoms with Crippen LogP contribution in [0.25, 0.3) is 0 Å². The lowest BCUT2D eigenvalue weighted by Crippen LogP contribution is -2.75. The van der Waals surface area contributed by atoms with Gasteiger partial charge in [-0.1, -0.05) is 97.6 Å². The Morgan fingerprint density at radius 2 is 1.07 bits per heavy atom. The predicted molar refractivity (Wildman–Crippen MR) is 181 cm³/mol. The molecule has 1 fully saturated rings. The average molecular weight is 650 g/mol. The van der Waals surface area contributed by atoms with Crippen molar-refractivity contribution in [2.45, 2.75) is 58.2 Å². The molecule has 1 heterocycles. The van der Waals surface area contributed by atoms with E-state index in [1.807, 2.05) is 59.2 Å². The Labute approximate surface area is 260 Å². The first-order chi connectivity index (χ1) is 20.3. The highest BCUT2D eigenvalue weighted by molar-refractivity contribution is 6.98. The fraction of sp³-hybridized carbons (Fsp3) is 0.312. The number of hydrogen-bond acceptors (Lipinski definition) is 7. The smallest absolute Gasteiger partial charge is 0.400 e. The number of carbonyl (C=O) groups is 2. The van der Waals surface area contributed by atoms with Crippen LogP contribution >= 0.6 is 0 Å². The Morgan fingerprint density at radius 3 is 1.42 bits per heavy atom. The van der Waals surface area contributed by atoms with Gasteiger partial charge in [-0.3, -0.25) is 0 Å². The van der Waals surface area contributed by atoms with Crippen LogP contribution in [0.3, 0.4) is 0 Å². The number of ether oxygens (including phenoxy) is 1. The fourth-order valence-corrected chi connectivity index (χ4v) is 21.7. The first-order valence-electron chi connectivity index (χ1n) is 14.7. The molecule has 7 nitrogen and oxygen atoms in total. The van der Waals surface area contributed by atoms with Gasteiger partial charge in [0.25, 0.3) is 0 Å². The Balaban J connectivity index is 1.91. The van der Waals surface area contributed by atoms with E-state index in [1.54, 1.807) is 0 Å². The number of rotatable bonds is 12. The molecule has 0 aromatic heterocycles. The van der Waals surface area contributed by atoms with Gasteiger partial charge in [-0.2, -0.15) is 0 Å². The molecule has 3 aromatic carbocycles. The van der Waals surface area contributed by atoms with Gasteiger partial charge >= 0.3 is 20.9 Å². The molecule has 1 aliphatic rings. The van der Waals surface area contributed by atoms with Crippen molar-refractivity contribution in [3.8, 4) is 0 Å². The summed E-state index contributed by atoms with van der Waals surface area (Å²) in [4.78, 5) is 25.7. The van der Waals surface area contributed by atoms with Crippen molar-refractivity contribution in [3.05, 3.63) is 104 Å². The molecule has 0 aliphatic carbocycles. The van der Waals surface area contributed by atoms with Gasteiger partial charge in [0.2, 0.25) is 25.0 Å². The van der Waals surface area contributed by atoms with Crippen LogP contribution in [0, 0.1) is 0 Å². The van der Waals surface area contributed by atoms with E-state index >= 15 is 0 Å². The summed E-state index contributed by atoms with van der Waals surface area (Å²) in [6.45, 7) is 16.9. The van der Waals surface area contributed by atoms with Crippen LogP contribution in [0.1, 0.15) is 12.8 Å². The van der Waals surface area contributed by atoms with Crippen molar-refractivity contribution in [1.29, 1.82) is 0 Å². The van der Waals surface area contributed by atoms with Crippen LogP contribution < -0.4 is 15.6 Å². The largest absolute Gasteiger partial charge is 0.569 e. The normalized spacial score (nSPS) is 16.6. The second kappa shape index (κ2) is 13.5. The van der Waals surface area contributed by atoms with Crippen LogP contribution in [0.2, 0.25) is 39.3 Å². The molecule has 4 rings (SSSR count). The van der Waals surface area contributed by atoms with E-state index in [1.165, 1.54) is 0 Å². The van der Waals surface area contributed by atoms with Gasteiger partial charge in [-0.15, -0.1) is 0 Å². The third-order valence-corrected chi connectivity index (χ3v) is 23.4. The molecule has 0 saturated carbocycles. The first-order valence-corrected chi connectivity index (χ1v) is 25.1. The lowest BCUT2D eigenvalue weighted by molar-refractivity contribution is -0.159. The zero-order valence-electron chi connectivity index (χ0n) is 26.0. The molecule has 0 bridgehead atoms. The SMILES string of the molecule is C=CC(=O)OC(=O)C1CCCN1[Si](O[Si](C)(C)c1ccccc1)(O[Si](C)(C)c1ccccc1)O[Si](C)(C)c1ccccc1. The molecule has 0 spiro atoms. The number of esters is 2. The topological polar surface area (TPSA) is 74.3 Å². The zero-order valence-corrected chi connectivity index (χ0v) is 30.0. The van der Waals surface area contributed by atoms with Crippen LogP contribution in [-0.2, 0) is 26.7 Å². The maximum Gasteiger partial charge on any atom is 0.569 e. The van der Waals surface area contributed by atoms with Crippen molar-refractivity contribution in [2.75, 3.05) is 6.54 Å². The second-order valence-electron chi connectivity index (χ2n) is 12.3. The average Bonchev–Trinajstić information content (AvgIpc) is 3.49. The predicted octanol–water partition coefficient (Wildman–Crippen LogP) is 4.53. The maximum atomic E-state index is 13.5. The number of benzene rings is 3. The van der Waals surface area contributed by atoms with Crippen molar-refractivity contribution in [2.24, 2.45) is 0 Å². The molecule has 0 N–H and O–H groups in total. The number of nitrogens with zero attached hydrogens (tertiary/aromatic N) is 1. The van der Waals surface area contributed by atoms with Gasteiger partial charge in [0.05, 0.1) is 0 Å². The van der Waals surface area contributed by atoms with E-state index in [4.69, 9.17) is 17.1 Å². The molecule has 1 saturated heterocycles. The van der Waals surface area contributed by atoms with Crippen molar-refractivity contribution in [1.82, 2.24) is 4.57 Å². The van der Waals surface area contributed by atoms with Crippen LogP contribution in [0.15, 0.2) is 104 Å². The highest BCUT2D eigenvalue weighted by atomic mass is 28.5. The summed E-state index contributed by atoms with van der Waals surface area (Å²) in [5.74, 6) is -1.41. The van der Waals surface area contributed by atoms with Crippen molar-refractivity contribution >= 4 is 61.4 Å². The van der Waals surface area contributed by atoms with E-state index < -0.39 is 51.9 Å². The summed E-state index contributed by atoms with van der Waals surface area (Å²) in [7, 11) is -12.0. The molecule has 3 aromatic rings. The molecular formula is C32H43NO6Si4. The third kappa shape index (κ3) is 7.86. The highest BCUT2D eigenvalue weighted by Crippen LogP contribution is 2.34. The molecule has 0 radical (unpaired) electrons. The molecular weight excluding hydrogens is 607 g/mol. The van der Waals surface area contributed by atoms with E-state index in [0.717, 1.165) is 21.6 Å². The number of hydrogen-bond donors (Lipinski definition) is 0. The van der Waals surface area contributed by atoms with Gasteiger partial charge in [-0.25, -0.2) is 14.2 Å². The Morgan fingerprint density at radius 1 is 0.698 bits per heavy atom. The zero-order chi connectivity index (χ0) is 31.3. The summed E-state index contributed by atoms with van der Waals surface area (Å²) in [5.41, 5.74) is 0. The molecule has 228 valence electrons. The lowest BCUT2D eigenvalue weighted by Gasteiger charge is -2.49. The van der Waals surface area contributed by atoms with E-state index in [0.29, 0.717) is 19.4 Å². The molecule has 1 aliphatic heterocycles. The van der Waals surface area contributed by atoms with Crippen molar-refractivity contribution < 1.29 is 26.7 Å². The maximum absolute atomic E-state index is 13.5. The summed E-state index contributed by atoms with van der Waals surface area (Å²) >= 11 is 0. The quantitative estimate of drug-likeness (QED) is 0.124.